The Balaban J connectivity index is 0.00000128. The molecule has 1 atom stereocenters. The third-order valence-corrected chi connectivity index (χ3v) is 3.72. The van der Waals surface area contributed by atoms with Crippen LogP contribution in [-0.4, -0.2) is 39.1 Å². The minimum absolute atomic E-state index is 0. The highest BCUT2D eigenvalue weighted by atomic mass is 35.5. The van der Waals surface area contributed by atoms with Gasteiger partial charge in [-0.1, -0.05) is 5.16 Å². The van der Waals surface area contributed by atoms with Crippen LogP contribution in [0.3, 0.4) is 0 Å². The van der Waals surface area contributed by atoms with Gasteiger partial charge in [-0.05, 0) is 6.92 Å². The molecule has 0 aromatic carbocycles. The normalized spacial score (nSPS) is 21.8. The number of hydrogen-bond acceptors (Lipinski definition) is 6. The first kappa shape index (κ1) is 13.8. The molecule has 1 fully saturated rings. The summed E-state index contributed by atoms with van der Waals surface area (Å²) in [5.41, 5.74) is 5.41. The third kappa shape index (κ3) is 3.35. The molecule has 5 nitrogen and oxygen atoms in total. The second-order valence-electron chi connectivity index (χ2n) is 3.70. The molecule has 92 valence electrons. The second kappa shape index (κ2) is 6.44. The average Bonchev–Trinajstić information content (AvgIpc) is 2.69. The van der Waals surface area contributed by atoms with Crippen LogP contribution in [0.25, 0.3) is 0 Å². The molecule has 0 amide bonds. The zero-order chi connectivity index (χ0) is 10.7. The summed E-state index contributed by atoms with van der Waals surface area (Å²) in [5, 5.41) is 3.90. The first-order chi connectivity index (χ1) is 7.29. The van der Waals surface area contributed by atoms with Crippen LogP contribution < -0.4 is 5.73 Å². The van der Waals surface area contributed by atoms with E-state index in [1.807, 2.05) is 11.8 Å². The van der Waals surface area contributed by atoms with Crippen molar-refractivity contribution in [1.29, 1.82) is 0 Å². The molecular formula is C9H17ClN4OS. The molecule has 16 heavy (non-hydrogen) atoms. The summed E-state index contributed by atoms with van der Waals surface area (Å²) in [5.74, 6) is 3.63. The Morgan fingerprint density at radius 3 is 3.06 bits per heavy atom. The van der Waals surface area contributed by atoms with Gasteiger partial charge < -0.3 is 10.3 Å². The van der Waals surface area contributed by atoms with E-state index in [2.05, 4.69) is 22.0 Å². The highest BCUT2D eigenvalue weighted by molar-refractivity contribution is 7.99. The molecule has 1 aliphatic heterocycles. The largest absolute Gasteiger partial charge is 0.338 e. The number of hydrogen-bond donors (Lipinski definition) is 1. The van der Waals surface area contributed by atoms with Crippen molar-refractivity contribution in [3.63, 3.8) is 0 Å². The van der Waals surface area contributed by atoms with Crippen molar-refractivity contribution >= 4 is 24.2 Å². The molecule has 1 unspecified atom stereocenters. The Bertz CT molecular complexity index is 322. The predicted molar refractivity (Wildman–Crippen MR) is 66.6 cm³/mol. The van der Waals surface area contributed by atoms with Crippen molar-refractivity contribution in [2.75, 3.05) is 18.1 Å². The Morgan fingerprint density at radius 1 is 1.62 bits per heavy atom. The molecular weight excluding hydrogens is 248 g/mol. The standard InChI is InChI=1S/C9H16N4OS.ClH/c1-7-6-15-3-2-13(7)5-8-11-9(4-10)14-12-8;/h7H,2-6,10H2,1H3;1H. The minimum Gasteiger partial charge on any atom is -0.338 e. The SMILES string of the molecule is CC1CSCCN1Cc1noc(CN)n1.Cl. The molecule has 1 aromatic rings. The van der Waals surface area contributed by atoms with Gasteiger partial charge in [-0.25, -0.2) is 0 Å². The van der Waals surface area contributed by atoms with Crippen LogP contribution in [0.5, 0.6) is 0 Å². The van der Waals surface area contributed by atoms with Gasteiger partial charge in [0.1, 0.15) is 0 Å². The molecule has 2 rings (SSSR count). The number of halogens is 1. The highest BCUT2D eigenvalue weighted by Gasteiger charge is 2.20. The van der Waals surface area contributed by atoms with E-state index in [4.69, 9.17) is 10.3 Å². The van der Waals surface area contributed by atoms with Gasteiger partial charge in [0.25, 0.3) is 0 Å². The maximum absolute atomic E-state index is 5.41. The zero-order valence-corrected chi connectivity index (χ0v) is 10.9. The molecule has 2 N–H and O–H groups in total. The minimum atomic E-state index is 0. The van der Waals surface area contributed by atoms with E-state index in [9.17, 15) is 0 Å². The smallest absolute Gasteiger partial charge is 0.240 e. The molecule has 0 bridgehead atoms. The fraction of sp³-hybridized carbons (Fsp3) is 0.778. The van der Waals surface area contributed by atoms with Crippen LogP contribution >= 0.6 is 24.2 Å². The van der Waals surface area contributed by atoms with Gasteiger partial charge in [0.15, 0.2) is 5.82 Å². The molecule has 1 saturated heterocycles. The second-order valence-corrected chi connectivity index (χ2v) is 4.85. The molecule has 0 spiro atoms. The summed E-state index contributed by atoms with van der Waals surface area (Å²) in [6.45, 7) is 4.41. The maximum atomic E-state index is 5.41. The lowest BCUT2D eigenvalue weighted by atomic mass is 10.3. The van der Waals surface area contributed by atoms with Gasteiger partial charge in [0, 0.05) is 24.1 Å². The lowest BCUT2D eigenvalue weighted by Gasteiger charge is -2.31. The Hall–Kier alpha value is -0.300. The number of thioether (sulfide) groups is 1. The van der Waals surface area contributed by atoms with E-state index in [0.29, 0.717) is 18.5 Å². The van der Waals surface area contributed by atoms with Gasteiger partial charge in [0.2, 0.25) is 5.89 Å². The van der Waals surface area contributed by atoms with Gasteiger partial charge in [-0.3, -0.25) is 4.90 Å². The van der Waals surface area contributed by atoms with Gasteiger partial charge in [-0.15, -0.1) is 12.4 Å². The monoisotopic (exact) mass is 264 g/mol. The maximum Gasteiger partial charge on any atom is 0.240 e. The van der Waals surface area contributed by atoms with Crippen LogP contribution in [0, 0.1) is 0 Å². The number of rotatable bonds is 3. The van der Waals surface area contributed by atoms with Crippen LogP contribution in [0.1, 0.15) is 18.6 Å². The fourth-order valence-corrected chi connectivity index (χ4v) is 2.70. The van der Waals surface area contributed by atoms with Crippen LogP contribution in [-0.2, 0) is 13.1 Å². The van der Waals surface area contributed by atoms with E-state index >= 15 is 0 Å². The van der Waals surface area contributed by atoms with Crippen LogP contribution in [0.2, 0.25) is 0 Å². The zero-order valence-electron chi connectivity index (χ0n) is 9.26. The van der Waals surface area contributed by atoms with E-state index in [1.54, 1.807) is 0 Å². The first-order valence-electron chi connectivity index (χ1n) is 5.13. The molecule has 2 heterocycles. The topological polar surface area (TPSA) is 68.2 Å². The van der Waals surface area contributed by atoms with E-state index in [1.165, 1.54) is 11.5 Å². The van der Waals surface area contributed by atoms with Gasteiger partial charge in [-0.2, -0.15) is 16.7 Å². The molecule has 7 heteroatoms. The van der Waals surface area contributed by atoms with Crippen LogP contribution in [0.15, 0.2) is 4.52 Å². The molecule has 0 aliphatic carbocycles. The number of aromatic nitrogens is 2. The summed E-state index contributed by atoms with van der Waals surface area (Å²) < 4.78 is 4.97. The van der Waals surface area contributed by atoms with Crippen LogP contribution in [0.4, 0.5) is 0 Å². The van der Waals surface area contributed by atoms with Crippen molar-refractivity contribution < 1.29 is 4.52 Å². The summed E-state index contributed by atoms with van der Waals surface area (Å²) in [6.07, 6.45) is 0. The quantitative estimate of drug-likeness (QED) is 0.875. The lowest BCUT2D eigenvalue weighted by molar-refractivity contribution is 0.215. The van der Waals surface area contributed by atoms with Crippen molar-refractivity contribution in [2.45, 2.75) is 26.1 Å². The van der Waals surface area contributed by atoms with E-state index in [0.717, 1.165) is 18.9 Å². The van der Waals surface area contributed by atoms with Crippen molar-refractivity contribution in [1.82, 2.24) is 15.0 Å². The van der Waals surface area contributed by atoms with Crippen molar-refractivity contribution in [2.24, 2.45) is 5.73 Å². The fourth-order valence-electron chi connectivity index (χ4n) is 1.62. The predicted octanol–water partition coefficient (Wildman–Crippen LogP) is 0.887. The Morgan fingerprint density at radius 2 is 2.44 bits per heavy atom. The molecule has 0 radical (unpaired) electrons. The third-order valence-electron chi connectivity index (χ3n) is 2.53. The molecule has 1 aliphatic rings. The number of nitrogens with zero attached hydrogens (tertiary/aromatic N) is 3. The molecule has 1 aromatic heterocycles. The Labute approximate surface area is 106 Å². The van der Waals surface area contributed by atoms with Gasteiger partial charge in [0.05, 0.1) is 13.1 Å². The van der Waals surface area contributed by atoms with E-state index in [-0.39, 0.29) is 12.4 Å². The Kier molecular flexibility index (Phi) is 5.54. The highest BCUT2D eigenvalue weighted by Crippen LogP contribution is 2.17. The van der Waals surface area contributed by atoms with Crippen molar-refractivity contribution in [3.8, 4) is 0 Å². The van der Waals surface area contributed by atoms with Gasteiger partial charge >= 0.3 is 0 Å². The average molecular weight is 265 g/mol. The summed E-state index contributed by atoms with van der Waals surface area (Å²) >= 11 is 2.00. The first-order valence-corrected chi connectivity index (χ1v) is 6.28. The summed E-state index contributed by atoms with van der Waals surface area (Å²) in [7, 11) is 0. The summed E-state index contributed by atoms with van der Waals surface area (Å²) in [4.78, 5) is 6.58. The lowest BCUT2D eigenvalue weighted by Crippen LogP contribution is -2.39. The molecule has 0 saturated carbocycles. The number of nitrogens with two attached hydrogens (primary N) is 1. The summed E-state index contributed by atoms with van der Waals surface area (Å²) in [6, 6.07) is 0.587. The van der Waals surface area contributed by atoms with E-state index < -0.39 is 0 Å². The van der Waals surface area contributed by atoms with Crippen molar-refractivity contribution in [3.05, 3.63) is 11.7 Å².